The van der Waals surface area contributed by atoms with Gasteiger partial charge < -0.3 is 5.32 Å². The van der Waals surface area contributed by atoms with Gasteiger partial charge in [0.2, 0.25) is 0 Å². The second-order valence-corrected chi connectivity index (χ2v) is 7.08. The Morgan fingerprint density at radius 2 is 1.67 bits per heavy atom. The maximum Gasteiger partial charge on any atom is 0.275 e. The fourth-order valence-corrected chi connectivity index (χ4v) is 2.63. The lowest BCUT2D eigenvalue weighted by atomic mass is 9.87. The molecule has 0 bridgehead atoms. The molecule has 0 saturated heterocycles. The van der Waals surface area contributed by atoms with Crippen LogP contribution in [0, 0.1) is 0 Å². The lowest BCUT2D eigenvalue weighted by molar-refractivity contribution is -0.115. The van der Waals surface area contributed by atoms with E-state index in [0.29, 0.717) is 18.0 Å². The molecule has 24 heavy (non-hydrogen) atoms. The quantitative estimate of drug-likeness (QED) is 0.851. The molecule has 1 aliphatic heterocycles. The number of carbonyl (C=O) groups is 1. The summed E-state index contributed by atoms with van der Waals surface area (Å²) in [6.07, 6.45) is 2.46. The third-order valence-corrected chi connectivity index (χ3v) is 4.04. The van der Waals surface area contributed by atoms with E-state index < -0.39 is 0 Å². The first-order chi connectivity index (χ1) is 11.4. The molecule has 3 heteroatoms. The highest BCUT2D eigenvalue weighted by Crippen LogP contribution is 2.23. The van der Waals surface area contributed by atoms with Crippen molar-refractivity contribution in [2.24, 2.45) is 4.99 Å². The SMILES string of the molecule is CC(C)(C)c1ccc(/C=C2/N=C(Cc3ccccc3)NC2=O)cc1. The summed E-state index contributed by atoms with van der Waals surface area (Å²) in [6.45, 7) is 6.56. The van der Waals surface area contributed by atoms with Gasteiger partial charge in [-0.05, 0) is 28.2 Å². The molecule has 0 unspecified atom stereocenters. The number of hydrogen-bond acceptors (Lipinski definition) is 2. The number of amides is 1. The Balaban J connectivity index is 1.78. The lowest BCUT2D eigenvalue weighted by Crippen LogP contribution is -2.25. The van der Waals surface area contributed by atoms with Crippen molar-refractivity contribution >= 4 is 17.8 Å². The molecule has 1 amide bonds. The van der Waals surface area contributed by atoms with Crippen LogP contribution in [0.3, 0.4) is 0 Å². The molecule has 0 spiro atoms. The summed E-state index contributed by atoms with van der Waals surface area (Å²) in [4.78, 5) is 16.6. The molecule has 1 N–H and O–H groups in total. The molecular weight excluding hydrogens is 296 g/mol. The van der Waals surface area contributed by atoms with Crippen LogP contribution >= 0.6 is 0 Å². The van der Waals surface area contributed by atoms with Gasteiger partial charge in [-0.25, -0.2) is 4.99 Å². The van der Waals surface area contributed by atoms with Gasteiger partial charge in [-0.2, -0.15) is 0 Å². The van der Waals surface area contributed by atoms with E-state index in [-0.39, 0.29) is 11.3 Å². The van der Waals surface area contributed by atoms with Crippen LogP contribution in [0.5, 0.6) is 0 Å². The smallest absolute Gasteiger partial charge is 0.275 e. The second-order valence-electron chi connectivity index (χ2n) is 7.08. The first-order valence-corrected chi connectivity index (χ1v) is 8.17. The molecule has 1 aliphatic rings. The number of carbonyl (C=O) groups excluding carboxylic acids is 1. The topological polar surface area (TPSA) is 41.5 Å². The van der Waals surface area contributed by atoms with E-state index in [2.05, 4.69) is 43.2 Å². The average molecular weight is 318 g/mol. The van der Waals surface area contributed by atoms with Gasteiger partial charge in [-0.3, -0.25) is 4.79 Å². The van der Waals surface area contributed by atoms with E-state index in [0.717, 1.165) is 11.1 Å². The number of benzene rings is 2. The van der Waals surface area contributed by atoms with Crippen molar-refractivity contribution in [2.45, 2.75) is 32.6 Å². The molecule has 0 aliphatic carbocycles. The number of hydrogen-bond donors (Lipinski definition) is 1. The largest absolute Gasteiger partial charge is 0.308 e. The Kier molecular flexibility index (Phi) is 4.34. The second kappa shape index (κ2) is 6.44. The van der Waals surface area contributed by atoms with E-state index in [4.69, 9.17) is 0 Å². The van der Waals surface area contributed by atoms with Crippen LogP contribution in [0.2, 0.25) is 0 Å². The molecule has 3 rings (SSSR count). The van der Waals surface area contributed by atoms with Crippen molar-refractivity contribution < 1.29 is 4.79 Å². The van der Waals surface area contributed by atoms with E-state index in [1.54, 1.807) is 0 Å². The molecule has 0 atom stereocenters. The number of rotatable bonds is 3. The Morgan fingerprint density at radius 1 is 1.00 bits per heavy atom. The van der Waals surface area contributed by atoms with Crippen LogP contribution < -0.4 is 5.32 Å². The van der Waals surface area contributed by atoms with Crippen molar-refractivity contribution in [1.82, 2.24) is 5.32 Å². The van der Waals surface area contributed by atoms with Crippen LogP contribution in [0.15, 0.2) is 65.3 Å². The van der Waals surface area contributed by atoms with E-state index in [9.17, 15) is 4.79 Å². The molecule has 2 aromatic carbocycles. The molecule has 3 nitrogen and oxygen atoms in total. The molecule has 122 valence electrons. The minimum atomic E-state index is -0.138. The molecule has 0 aromatic heterocycles. The van der Waals surface area contributed by atoms with Gasteiger partial charge >= 0.3 is 0 Å². The molecule has 2 aromatic rings. The third kappa shape index (κ3) is 3.80. The molecule has 0 fully saturated rings. The predicted molar refractivity (Wildman–Crippen MR) is 98.8 cm³/mol. The van der Waals surface area contributed by atoms with E-state index in [1.165, 1.54) is 5.56 Å². The van der Waals surface area contributed by atoms with Gasteiger partial charge in [-0.1, -0.05) is 75.4 Å². The van der Waals surface area contributed by atoms with Gasteiger partial charge in [0.15, 0.2) is 0 Å². The number of aliphatic imine (C=N–C) groups is 1. The summed E-state index contributed by atoms with van der Waals surface area (Å²) in [5, 5.41) is 2.85. The minimum absolute atomic E-state index is 0.122. The van der Waals surface area contributed by atoms with Crippen LogP contribution in [0.4, 0.5) is 0 Å². The standard InChI is InChI=1S/C21H22N2O/c1-21(2,3)17-11-9-16(10-12-17)13-18-20(24)23-19(22-18)14-15-7-5-4-6-8-15/h4-13H,14H2,1-3H3,(H,22,23,24)/b18-13+. The van der Waals surface area contributed by atoms with Gasteiger partial charge in [0.25, 0.3) is 5.91 Å². The summed E-state index contributed by atoms with van der Waals surface area (Å²) in [7, 11) is 0. The zero-order valence-electron chi connectivity index (χ0n) is 14.3. The van der Waals surface area contributed by atoms with Crippen molar-refractivity contribution in [2.75, 3.05) is 0 Å². The molecule has 0 radical (unpaired) electrons. The molecule has 1 heterocycles. The fourth-order valence-electron chi connectivity index (χ4n) is 2.63. The number of amidine groups is 1. The van der Waals surface area contributed by atoms with Gasteiger partial charge in [0.1, 0.15) is 11.5 Å². The average Bonchev–Trinajstić information content (AvgIpc) is 2.87. The highest BCUT2D eigenvalue weighted by atomic mass is 16.2. The van der Waals surface area contributed by atoms with Crippen LogP contribution in [-0.2, 0) is 16.6 Å². The summed E-state index contributed by atoms with van der Waals surface area (Å²) in [6, 6.07) is 18.3. The highest BCUT2D eigenvalue weighted by molar-refractivity contribution is 6.14. The maximum atomic E-state index is 12.1. The normalized spacial score (nSPS) is 16.2. The Hall–Kier alpha value is -2.68. The molecule has 0 saturated carbocycles. The van der Waals surface area contributed by atoms with Gasteiger partial charge in [0.05, 0.1) is 0 Å². The Morgan fingerprint density at radius 3 is 2.29 bits per heavy atom. The zero-order valence-corrected chi connectivity index (χ0v) is 14.3. The number of nitrogens with one attached hydrogen (secondary N) is 1. The van der Waals surface area contributed by atoms with E-state index >= 15 is 0 Å². The monoisotopic (exact) mass is 318 g/mol. The first kappa shape index (κ1) is 16.2. The summed E-state index contributed by atoms with van der Waals surface area (Å²) in [5.41, 5.74) is 3.97. The summed E-state index contributed by atoms with van der Waals surface area (Å²) < 4.78 is 0. The van der Waals surface area contributed by atoms with Crippen molar-refractivity contribution in [1.29, 1.82) is 0 Å². The fraction of sp³-hybridized carbons (Fsp3) is 0.238. The maximum absolute atomic E-state index is 12.1. The lowest BCUT2D eigenvalue weighted by Gasteiger charge is -2.18. The van der Waals surface area contributed by atoms with Crippen molar-refractivity contribution in [3.8, 4) is 0 Å². The number of nitrogens with zero attached hydrogens (tertiary/aromatic N) is 1. The Labute approximate surface area is 143 Å². The highest BCUT2D eigenvalue weighted by Gasteiger charge is 2.20. The minimum Gasteiger partial charge on any atom is -0.308 e. The van der Waals surface area contributed by atoms with Gasteiger partial charge in [0, 0.05) is 6.42 Å². The first-order valence-electron chi connectivity index (χ1n) is 8.17. The van der Waals surface area contributed by atoms with Gasteiger partial charge in [-0.15, -0.1) is 0 Å². The predicted octanol–water partition coefficient (Wildman–Crippen LogP) is 4.10. The third-order valence-electron chi connectivity index (χ3n) is 4.04. The molecular formula is C21H22N2O. The van der Waals surface area contributed by atoms with Crippen molar-refractivity contribution in [3.63, 3.8) is 0 Å². The Bertz CT molecular complexity index is 794. The van der Waals surface area contributed by atoms with Crippen LogP contribution in [0.1, 0.15) is 37.5 Å². The summed E-state index contributed by atoms with van der Waals surface area (Å²) in [5.74, 6) is 0.560. The summed E-state index contributed by atoms with van der Waals surface area (Å²) >= 11 is 0. The zero-order chi connectivity index (χ0) is 17.2. The van der Waals surface area contributed by atoms with Crippen molar-refractivity contribution in [3.05, 3.63) is 77.0 Å². The van der Waals surface area contributed by atoms with Crippen LogP contribution in [0.25, 0.3) is 6.08 Å². The van der Waals surface area contributed by atoms with E-state index in [1.807, 2.05) is 48.5 Å². The van der Waals surface area contributed by atoms with Crippen LogP contribution in [-0.4, -0.2) is 11.7 Å².